The van der Waals surface area contributed by atoms with Gasteiger partial charge in [-0.2, -0.15) is 0 Å². The summed E-state index contributed by atoms with van der Waals surface area (Å²) in [6, 6.07) is 1.35. The van der Waals surface area contributed by atoms with Crippen molar-refractivity contribution in [2.45, 2.75) is 19.8 Å². The summed E-state index contributed by atoms with van der Waals surface area (Å²) in [4.78, 5) is 41.1. The van der Waals surface area contributed by atoms with E-state index in [4.69, 9.17) is 9.47 Å². The van der Waals surface area contributed by atoms with Crippen LogP contribution in [0.5, 0.6) is 5.75 Å². The fraction of sp³-hybridized carbons (Fsp3) is 0.238. The van der Waals surface area contributed by atoms with Gasteiger partial charge in [-0.15, -0.1) is 0 Å². The second kappa shape index (κ2) is 7.38. The van der Waals surface area contributed by atoms with Crippen LogP contribution in [0.4, 0.5) is 0 Å². The van der Waals surface area contributed by atoms with Crippen molar-refractivity contribution in [2.24, 2.45) is 5.92 Å². The molecule has 2 aliphatic rings. The van der Waals surface area contributed by atoms with Crippen LogP contribution in [0.2, 0.25) is 0 Å². The lowest BCUT2D eigenvalue weighted by molar-refractivity contribution is -0.134. The van der Waals surface area contributed by atoms with E-state index in [1.54, 1.807) is 13.1 Å². The topological polar surface area (TPSA) is 108 Å². The average molecular weight is 394 g/mol. The summed E-state index contributed by atoms with van der Waals surface area (Å²) in [7, 11) is 0. The number of aliphatic carboxylic acids is 1. The van der Waals surface area contributed by atoms with Crippen molar-refractivity contribution in [3.63, 3.8) is 0 Å². The number of ether oxygens (including phenoxy) is 2. The van der Waals surface area contributed by atoms with Crippen LogP contribution >= 0.6 is 0 Å². The molecule has 1 aliphatic heterocycles. The summed E-state index contributed by atoms with van der Waals surface area (Å²) < 4.78 is 11.7. The summed E-state index contributed by atoms with van der Waals surface area (Å²) in [6.07, 6.45) is 12.1. The quantitative estimate of drug-likeness (QED) is 0.777. The average Bonchev–Trinajstić information content (AvgIpc) is 2.72. The number of hydrogen-bond donors (Lipinski definition) is 1. The molecule has 8 nitrogen and oxygen atoms in total. The van der Waals surface area contributed by atoms with Crippen molar-refractivity contribution >= 4 is 29.2 Å². The van der Waals surface area contributed by atoms with Crippen molar-refractivity contribution in [3.05, 3.63) is 63.8 Å². The maximum Gasteiger partial charge on any atom is 0.373 e. The van der Waals surface area contributed by atoms with Gasteiger partial charge in [0.1, 0.15) is 11.1 Å². The second-order valence-electron chi connectivity index (χ2n) is 6.71. The van der Waals surface area contributed by atoms with E-state index in [1.807, 2.05) is 12.2 Å². The van der Waals surface area contributed by atoms with E-state index in [-0.39, 0.29) is 23.8 Å². The minimum atomic E-state index is -1.32. The molecule has 0 spiro atoms. The molecule has 0 saturated carbocycles. The molecule has 1 N–H and O–H groups in total. The van der Waals surface area contributed by atoms with Crippen molar-refractivity contribution in [2.75, 3.05) is 6.61 Å². The molecule has 0 fully saturated rings. The van der Waals surface area contributed by atoms with Crippen LogP contribution in [-0.4, -0.2) is 33.2 Å². The number of esters is 1. The van der Waals surface area contributed by atoms with E-state index >= 15 is 0 Å². The van der Waals surface area contributed by atoms with Crippen molar-refractivity contribution in [1.82, 2.24) is 9.55 Å². The molecule has 2 aromatic heterocycles. The Morgan fingerprint density at radius 2 is 2.21 bits per heavy atom. The highest BCUT2D eigenvalue weighted by Crippen LogP contribution is 2.35. The fourth-order valence-electron chi connectivity index (χ4n) is 3.46. The molecule has 0 amide bonds. The van der Waals surface area contributed by atoms with Gasteiger partial charge in [-0.1, -0.05) is 24.3 Å². The first kappa shape index (κ1) is 18.7. The Morgan fingerprint density at radius 3 is 2.90 bits per heavy atom. The van der Waals surface area contributed by atoms with Crippen LogP contribution in [0.1, 0.15) is 29.3 Å². The second-order valence-corrected chi connectivity index (χ2v) is 6.71. The van der Waals surface area contributed by atoms with Gasteiger partial charge in [-0.25, -0.2) is 9.59 Å². The largest absolute Gasteiger partial charge is 0.475 e. The Hall–Kier alpha value is -3.68. The Bertz CT molecular complexity index is 1170. The maximum absolute atomic E-state index is 12.9. The molecule has 0 bridgehead atoms. The number of carboxylic acids is 1. The minimum absolute atomic E-state index is 0.108. The Morgan fingerprint density at radius 1 is 1.38 bits per heavy atom. The number of aromatic nitrogens is 2. The third-order valence-corrected chi connectivity index (χ3v) is 4.80. The first-order valence-electron chi connectivity index (χ1n) is 9.20. The van der Waals surface area contributed by atoms with Crippen molar-refractivity contribution in [3.8, 4) is 5.75 Å². The lowest BCUT2D eigenvalue weighted by Crippen LogP contribution is -2.29. The Kier molecular flexibility index (Phi) is 4.75. The van der Waals surface area contributed by atoms with Gasteiger partial charge in [0, 0.05) is 11.8 Å². The molecular weight excluding hydrogens is 376 g/mol. The zero-order chi connectivity index (χ0) is 20.5. The molecule has 0 radical (unpaired) electrons. The van der Waals surface area contributed by atoms with Crippen LogP contribution in [-0.2, 0) is 16.0 Å². The third-order valence-electron chi connectivity index (χ3n) is 4.80. The summed E-state index contributed by atoms with van der Waals surface area (Å²) in [5.41, 5.74) is 0.464. The highest BCUT2D eigenvalue weighted by atomic mass is 16.5. The number of hydrogen-bond acceptors (Lipinski definition) is 6. The van der Waals surface area contributed by atoms with E-state index in [0.29, 0.717) is 23.0 Å². The summed E-state index contributed by atoms with van der Waals surface area (Å²) in [6.45, 7) is 1.74. The lowest BCUT2D eigenvalue weighted by Gasteiger charge is -2.22. The van der Waals surface area contributed by atoms with E-state index in [2.05, 4.69) is 17.1 Å². The van der Waals surface area contributed by atoms with Gasteiger partial charge in [-0.05, 0) is 31.7 Å². The zero-order valence-electron chi connectivity index (χ0n) is 15.6. The number of nitrogens with zero attached hydrogens (tertiary/aromatic N) is 2. The first-order valence-corrected chi connectivity index (χ1v) is 9.20. The molecule has 3 heterocycles. The van der Waals surface area contributed by atoms with E-state index in [0.717, 1.165) is 17.2 Å². The fourth-order valence-corrected chi connectivity index (χ4v) is 3.46. The Balaban J connectivity index is 1.91. The summed E-state index contributed by atoms with van der Waals surface area (Å²) in [5.74, 6) is -2.04. The first-order chi connectivity index (χ1) is 14.0. The van der Waals surface area contributed by atoms with Gasteiger partial charge in [0.15, 0.2) is 5.75 Å². The van der Waals surface area contributed by atoms with Crippen molar-refractivity contribution in [1.29, 1.82) is 0 Å². The lowest BCUT2D eigenvalue weighted by atomic mass is 9.93. The Labute approximate surface area is 165 Å². The highest BCUT2D eigenvalue weighted by molar-refractivity contribution is 5.98. The predicted octanol–water partition coefficient (Wildman–Crippen LogP) is 2.52. The molecule has 29 heavy (non-hydrogen) atoms. The normalized spacial score (nSPS) is 17.0. The molecule has 2 aromatic rings. The van der Waals surface area contributed by atoms with Gasteiger partial charge < -0.3 is 14.6 Å². The predicted molar refractivity (Wildman–Crippen MR) is 105 cm³/mol. The molecule has 1 atom stereocenters. The van der Waals surface area contributed by atoms with E-state index in [9.17, 15) is 19.5 Å². The monoisotopic (exact) mass is 394 g/mol. The number of rotatable bonds is 5. The summed E-state index contributed by atoms with van der Waals surface area (Å²) in [5, 5.41) is 9.45. The number of carbonyl (C=O) groups is 2. The zero-order valence-corrected chi connectivity index (χ0v) is 15.6. The van der Waals surface area contributed by atoms with Crippen molar-refractivity contribution < 1.29 is 24.2 Å². The molecule has 0 saturated heterocycles. The SMILES string of the molecule is CCOC(=O)c1cc2ncc(CC3C=CC=CC3)c3c2n(c1=O)C=C(C(=O)O)O3. The molecule has 1 unspecified atom stereocenters. The van der Waals surface area contributed by atoms with E-state index in [1.165, 1.54) is 6.07 Å². The molecule has 0 aromatic carbocycles. The van der Waals surface area contributed by atoms with Crippen LogP contribution in [0.15, 0.2) is 47.1 Å². The minimum Gasteiger partial charge on any atom is -0.475 e. The molecule has 148 valence electrons. The number of allylic oxidation sites excluding steroid dienone is 4. The van der Waals surface area contributed by atoms with Crippen LogP contribution in [0, 0.1) is 5.92 Å². The van der Waals surface area contributed by atoms with Gasteiger partial charge in [0.25, 0.3) is 5.56 Å². The number of pyridine rings is 2. The molecule has 4 rings (SSSR count). The standard InChI is InChI=1S/C21H18N2O6/c1-2-28-21(27)14-9-15-17-18(29-16(20(25)26)11-23(17)19(14)24)13(10-22-15)8-12-6-4-3-5-7-12/h3-6,9-12H,2,7-8H2,1H3,(H,25,26). The van der Waals surface area contributed by atoms with Crippen LogP contribution in [0.25, 0.3) is 17.2 Å². The number of carbonyl (C=O) groups excluding carboxylic acids is 1. The smallest absolute Gasteiger partial charge is 0.373 e. The van der Waals surface area contributed by atoms with Gasteiger partial charge in [-0.3, -0.25) is 14.3 Å². The van der Waals surface area contributed by atoms with Gasteiger partial charge in [0.05, 0.1) is 18.3 Å². The third kappa shape index (κ3) is 3.33. The van der Waals surface area contributed by atoms with Gasteiger partial charge >= 0.3 is 11.9 Å². The van der Waals surface area contributed by atoms with Gasteiger partial charge in [0.2, 0.25) is 5.76 Å². The molecular formula is C21H18N2O6. The van der Waals surface area contributed by atoms with E-state index < -0.39 is 23.3 Å². The van der Waals surface area contributed by atoms with Crippen LogP contribution in [0.3, 0.4) is 0 Å². The number of carboxylic acid groups (broad SMARTS) is 1. The summed E-state index contributed by atoms with van der Waals surface area (Å²) >= 11 is 0. The highest BCUT2D eigenvalue weighted by Gasteiger charge is 2.27. The molecule has 1 aliphatic carbocycles. The van der Waals surface area contributed by atoms with Crippen LogP contribution < -0.4 is 10.3 Å². The maximum atomic E-state index is 12.9. The molecule has 8 heteroatoms.